The van der Waals surface area contributed by atoms with Crippen molar-refractivity contribution in [3.8, 4) is 0 Å². The Morgan fingerprint density at radius 2 is 2.10 bits per heavy atom. The number of hydrazine groups is 1. The highest BCUT2D eigenvalue weighted by atomic mass is 32.2. The van der Waals surface area contributed by atoms with Crippen molar-refractivity contribution in [1.82, 2.24) is 9.84 Å². The molecule has 6 heteroatoms. The van der Waals surface area contributed by atoms with E-state index in [1.165, 1.54) is 13.4 Å². The fraction of sp³-hybridized carbons (Fsp3) is 0.750. The standard InChI is InChI=1S/C4H11N3O2S/c1-5-4-6-7(2)10(3,8)9/h4H,1-3H3,(H,5,6). The van der Waals surface area contributed by atoms with E-state index in [-0.39, 0.29) is 0 Å². The highest BCUT2D eigenvalue weighted by Gasteiger charge is 2.06. The van der Waals surface area contributed by atoms with Crippen LogP contribution in [0, 0.1) is 0 Å². The van der Waals surface area contributed by atoms with Crippen LogP contribution in [0.25, 0.3) is 0 Å². The molecule has 0 fully saturated rings. The number of nitrogens with one attached hydrogen (secondary N) is 1. The molecule has 0 bridgehead atoms. The van der Waals surface area contributed by atoms with E-state index in [0.717, 1.165) is 10.7 Å². The van der Waals surface area contributed by atoms with Gasteiger partial charge in [0, 0.05) is 14.1 Å². The Labute approximate surface area is 60.8 Å². The van der Waals surface area contributed by atoms with Crippen LogP contribution in [0.15, 0.2) is 4.99 Å². The third-order valence-corrected chi connectivity index (χ3v) is 1.97. The van der Waals surface area contributed by atoms with Gasteiger partial charge in [0.2, 0.25) is 10.0 Å². The van der Waals surface area contributed by atoms with Crippen LogP contribution < -0.4 is 5.43 Å². The molecule has 0 spiro atoms. The Morgan fingerprint density at radius 3 is 2.40 bits per heavy atom. The average molecular weight is 165 g/mol. The molecule has 1 N–H and O–H groups in total. The zero-order chi connectivity index (χ0) is 8.20. The van der Waals surface area contributed by atoms with E-state index in [1.54, 1.807) is 7.05 Å². The third-order valence-electron chi connectivity index (χ3n) is 0.866. The van der Waals surface area contributed by atoms with E-state index in [2.05, 4.69) is 10.4 Å². The largest absolute Gasteiger partial charge is 0.296 e. The van der Waals surface area contributed by atoms with Crippen LogP contribution in [0.2, 0.25) is 0 Å². The van der Waals surface area contributed by atoms with Gasteiger partial charge in [0.1, 0.15) is 0 Å². The molecule has 0 heterocycles. The predicted molar refractivity (Wildman–Crippen MR) is 40.2 cm³/mol. The minimum absolute atomic E-state index is 0.972. The maximum absolute atomic E-state index is 10.6. The maximum atomic E-state index is 10.6. The first-order valence-corrected chi connectivity index (χ1v) is 4.44. The lowest BCUT2D eigenvalue weighted by Gasteiger charge is -2.11. The highest BCUT2D eigenvalue weighted by molar-refractivity contribution is 7.88. The van der Waals surface area contributed by atoms with Gasteiger partial charge in [0.05, 0.1) is 12.6 Å². The van der Waals surface area contributed by atoms with Gasteiger partial charge in [0.15, 0.2) is 0 Å². The summed E-state index contributed by atoms with van der Waals surface area (Å²) < 4.78 is 22.2. The molecule has 60 valence electrons. The first-order valence-electron chi connectivity index (χ1n) is 2.59. The second-order valence-electron chi connectivity index (χ2n) is 1.75. The van der Waals surface area contributed by atoms with E-state index in [9.17, 15) is 8.42 Å². The molecule has 0 aliphatic heterocycles. The normalized spacial score (nSPS) is 12.8. The second kappa shape index (κ2) is 3.52. The zero-order valence-corrected chi connectivity index (χ0v) is 7.01. The van der Waals surface area contributed by atoms with Crippen molar-refractivity contribution in [3.63, 3.8) is 0 Å². The fourth-order valence-electron chi connectivity index (χ4n) is 0.235. The Hall–Kier alpha value is -0.620. The lowest BCUT2D eigenvalue weighted by atomic mass is 11.2. The average Bonchev–Trinajstić information content (AvgIpc) is 1.80. The van der Waals surface area contributed by atoms with Crippen LogP contribution in [-0.2, 0) is 10.0 Å². The van der Waals surface area contributed by atoms with Crippen molar-refractivity contribution in [2.24, 2.45) is 4.99 Å². The molecule has 0 saturated carbocycles. The summed E-state index contributed by atoms with van der Waals surface area (Å²) in [5.41, 5.74) is 2.43. The Balaban J connectivity index is 3.99. The minimum Gasteiger partial charge on any atom is -0.296 e. The van der Waals surface area contributed by atoms with Crippen molar-refractivity contribution >= 4 is 16.4 Å². The summed E-state index contributed by atoms with van der Waals surface area (Å²) in [6.07, 6.45) is 2.39. The summed E-state index contributed by atoms with van der Waals surface area (Å²) in [6, 6.07) is 0. The summed E-state index contributed by atoms with van der Waals surface area (Å²) in [6.45, 7) is 0. The lowest BCUT2D eigenvalue weighted by molar-refractivity contribution is 0.447. The van der Waals surface area contributed by atoms with Gasteiger partial charge in [-0.25, -0.2) is 8.42 Å². The van der Waals surface area contributed by atoms with E-state index in [0.29, 0.717) is 0 Å². The second-order valence-corrected chi connectivity index (χ2v) is 3.76. The molecule has 0 atom stereocenters. The molecule has 10 heavy (non-hydrogen) atoms. The van der Waals surface area contributed by atoms with Gasteiger partial charge in [-0.15, -0.1) is 4.41 Å². The van der Waals surface area contributed by atoms with Crippen LogP contribution in [0.4, 0.5) is 0 Å². The van der Waals surface area contributed by atoms with Gasteiger partial charge in [-0.3, -0.25) is 10.4 Å². The highest BCUT2D eigenvalue weighted by Crippen LogP contribution is 1.83. The molecule has 0 aliphatic carbocycles. The van der Waals surface area contributed by atoms with Crippen molar-refractivity contribution in [1.29, 1.82) is 0 Å². The molecular weight excluding hydrogens is 154 g/mol. The van der Waals surface area contributed by atoms with Crippen molar-refractivity contribution < 1.29 is 8.42 Å². The van der Waals surface area contributed by atoms with Gasteiger partial charge >= 0.3 is 0 Å². The Kier molecular flexibility index (Phi) is 3.31. The quantitative estimate of drug-likeness (QED) is 0.333. The van der Waals surface area contributed by atoms with Gasteiger partial charge in [-0.1, -0.05) is 0 Å². The molecule has 5 nitrogen and oxygen atoms in total. The van der Waals surface area contributed by atoms with E-state index >= 15 is 0 Å². The molecule has 0 aromatic carbocycles. The van der Waals surface area contributed by atoms with Crippen LogP contribution in [-0.4, -0.2) is 39.5 Å². The Bertz CT molecular complexity index is 209. The summed E-state index contributed by atoms with van der Waals surface area (Å²) in [4.78, 5) is 3.55. The smallest absolute Gasteiger partial charge is 0.227 e. The minimum atomic E-state index is -3.14. The SMILES string of the molecule is CN=CNN(C)S(C)(=O)=O. The topological polar surface area (TPSA) is 61.8 Å². The number of aliphatic imine (C=N–C) groups is 1. The summed E-state index contributed by atoms with van der Waals surface area (Å²) >= 11 is 0. The van der Waals surface area contributed by atoms with Crippen LogP contribution in [0.3, 0.4) is 0 Å². The van der Waals surface area contributed by atoms with Gasteiger partial charge in [-0.05, 0) is 0 Å². The van der Waals surface area contributed by atoms with Crippen molar-refractivity contribution in [2.45, 2.75) is 0 Å². The molecule has 0 saturated heterocycles. The summed E-state index contributed by atoms with van der Waals surface area (Å²) in [5.74, 6) is 0. The zero-order valence-electron chi connectivity index (χ0n) is 6.20. The molecule has 0 aromatic rings. The van der Waals surface area contributed by atoms with Gasteiger partial charge in [-0.2, -0.15) is 0 Å². The first-order chi connectivity index (χ1) is 4.48. The molecule has 0 unspecified atom stereocenters. The summed E-state index contributed by atoms with van der Waals surface area (Å²) in [5, 5.41) is 0. The fourth-order valence-corrected chi connectivity index (χ4v) is 0.473. The maximum Gasteiger partial charge on any atom is 0.227 e. The lowest BCUT2D eigenvalue weighted by Crippen LogP contribution is -2.37. The first kappa shape index (κ1) is 9.38. The Morgan fingerprint density at radius 1 is 1.60 bits per heavy atom. The summed E-state index contributed by atoms with van der Waals surface area (Å²) in [7, 11) is -0.200. The van der Waals surface area contributed by atoms with Crippen LogP contribution >= 0.6 is 0 Å². The van der Waals surface area contributed by atoms with Gasteiger partial charge < -0.3 is 0 Å². The number of hydrogen-bond acceptors (Lipinski definition) is 3. The monoisotopic (exact) mass is 165 g/mol. The molecular formula is C4H11N3O2S. The van der Waals surface area contributed by atoms with E-state index in [4.69, 9.17) is 0 Å². The van der Waals surface area contributed by atoms with Gasteiger partial charge in [0.25, 0.3) is 0 Å². The van der Waals surface area contributed by atoms with Crippen molar-refractivity contribution in [3.05, 3.63) is 0 Å². The third kappa shape index (κ3) is 3.41. The number of nitrogens with zero attached hydrogens (tertiary/aromatic N) is 2. The molecule has 0 aromatic heterocycles. The number of rotatable bonds is 3. The van der Waals surface area contributed by atoms with E-state index < -0.39 is 10.0 Å². The van der Waals surface area contributed by atoms with Crippen molar-refractivity contribution in [2.75, 3.05) is 20.4 Å². The van der Waals surface area contributed by atoms with E-state index in [1.807, 2.05) is 0 Å². The molecule has 0 rings (SSSR count). The number of sulfonamides is 1. The number of hydrogen-bond donors (Lipinski definition) is 1. The molecule has 0 radical (unpaired) electrons. The molecule has 0 aliphatic rings. The van der Waals surface area contributed by atoms with Crippen LogP contribution in [0.5, 0.6) is 0 Å². The van der Waals surface area contributed by atoms with Crippen LogP contribution in [0.1, 0.15) is 0 Å². The predicted octanol–water partition coefficient (Wildman–Crippen LogP) is -0.959. The molecule has 0 amide bonds.